The van der Waals surface area contributed by atoms with Gasteiger partial charge in [0.15, 0.2) is 0 Å². The molecule has 44 heavy (non-hydrogen) atoms. The molecule has 0 spiro atoms. The zero-order valence-corrected chi connectivity index (χ0v) is 27.0. The van der Waals surface area contributed by atoms with Crippen LogP contribution < -0.4 is 9.62 Å². The SMILES string of the molecule is Cc1ccc(CN(C(=O)CN(c2ccccc2Cl)S(=O)(=O)c2ccccc2)[C@H](Cc2ccccc2)C(=O)NC(C)(C)C)cc1. The van der Waals surface area contributed by atoms with E-state index >= 15 is 0 Å². The minimum atomic E-state index is -4.22. The summed E-state index contributed by atoms with van der Waals surface area (Å²) in [5.41, 5.74) is 2.33. The van der Waals surface area contributed by atoms with Gasteiger partial charge in [0.2, 0.25) is 11.8 Å². The zero-order valence-electron chi connectivity index (χ0n) is 25.4. The van der Waals surface area contributed by atoms with E-state index in [1.807, 2.05) is 82.3 Å². The molecule has 0 fully saturated rings. The molecule has 4 aromatic rings. The van der Waals surface area contributed by atoms with E-state index in [2.05, 4.69) is 5.32 Å². The van der Waals surface area contributed by atoms with Crippen molar-refractivity contribution in [2.45, 2.75) is 57.1 Å². The predicted molar refractivity (Wildman–Crippen MR) is 176 cm³/mol. The Morgan fingerprint density at radius 3 is 1.95 bits per heavy atom. The quantitative estimate of drug-likeness (QED) is 0.208. The number of carbonyl (C=O) groups is 2. The van der Waals surface area contributed by atoms with Crippen LogP contribution in [0.3, 0.4) is 0 Å². The number of para-hydroxylation sites is 1. The third-order valence-corrected chi connectivity index (χ3v) is 9.07. The maximum atomic E-state index is 14.5. The molecule has 0 saturated heterocycles. The summed E-state index contributed by atoms with van der Waals surface area (Å²) in [4.78, 5) is 29.9. The number of sulfonamides is 1. The number of rotatable bonds is 11. The van der Waals surface area contributed by atoms with Gasteiger partial charge in [0, 0.05) is 18.5 Å². The van der Waals surface area contributed by atoms with Crippen LogP contribution in [0.2, 0.25) is 5.02 Å². The highest BCUT2D eigenvalue weighted by Gasteiger charge is 2.36. The molecule has 0 unspecified atom stereocenters. The summed E-state index contributed by atoms with van der Waals surface area (Å²) in [6.07, 6.45) is 0.234. The Morgan fingerprint density at radius 2 is 1.36 bits per heavy atom. The third kappa shape index (κ3) is 8.49. The van der Waals surface area contributed by atoms with Crippen LogP contribution in [0.5, 0.6) is 0 Å². The van der Waals surface area contributed by atoms with Crippen molar-refractivity contribution in [2.75, 3.05) is 10.8 Å². The number of halogens is 1. The Hall–Kier alpha value is -4.14. The predicted octanol–water partition coefficient (Wildman–Crippen LogP) is 6.40. The van der Waals surface area contributed by atoms with Crippen LogP contribution in [0.1, 0.15) is 37.5 Å². The topological polar surface area (TPSA) is 86.8 Å². The molecule has 4 aromatic carbocycles. The highest BCUT2D eigenvalue weighted by Crippen LogP contribution is 2.31. The lowest BCUT2D eigenvalue weighted by molar-refractivity contribution is -0.140. The molecule has 230 valence electrons. The van der Waals surface area contributed by atoms with Crippen molar-refractivity contribution in [3.05, 3.63) is 131 Å². The lowest BCUT2D eigenvalue weighted by Gasteiger charge is -2.35. The lowest BCUT2D eigenvalue weighted by Crippen LogP contribution is -2.56. The first kappa shape index (κ1) is 32.8. The first-order valence-electron chi connectivity index (χ1n) is 14.4. The molecule has 0 radical (unpaired) electrons. The van der Waals surface area contributed by atoms with Crippen molar-refractivity contribution < 1.29 is 18.0 Å². The van der Waals surface area contributed by atoms with Crippen LogP contribution in [-0.2, 0) is 32.6 Å². The van der Waals surface area contributed by atoms with Crippen LogP contribution in [0.15, 0.2) is 114 Å². The van der Waals surface area contributed by atoms with Crippen molar-refractivity contribution >= 4 is 39.1 Å². The van der Waals surface area contributed by atoms with E-state index in [9.17, 15) is 18.0 Å². The summed E-state index contributed by atoms with van der Waals surface area (Å²) in [5, 5.41) is 3.21. The maximum absolute atomic E-state index is 14.5. The molecular weight excluding hydrogens is 594 g/mol. The third-order valence-electron chi connectivity index (χ3n) is 6.97. The molecule has 0 aliphatic carbocycles. The number of amides is 2. The molecule has 2 amide bonds. The summed E-state index contributed by atoms with van der Waals surface area (Å²) in [7, 11) is -4.22. The van der Waals surface area contributed by atoms with Crippen LogP contribution in [-0.4, -0.2) is 43.3 Å². The molecule has 0 bridgehead atoms. The Labute approximate surface area is 265 Å². The highest BCUT2D eigenvalue weighted by molar-refractivity contribution is 7.92. The van der Waals surface area contributed by atoms with E-state index in [-0.39, 0.29) is 34.5 Å². The van der Waals surface area contributed by atoms with Gasteiger partial charge < -0.3 is 10.2 Å². The van der Waals surface area contributed by atoms with Crippen LogP contribution in [0.25, 0.3) is 0 Å². The number of hydrogen-bond acceptors (Lipinski definition) is 4. The fourth-order valence-electron chi connectivity index (χ4n) is 4.78. The highest BCUT2D eigenvalue weighted by atomic mass is 35.5. The van der Waals surface area contributed by atoms with Gasteiger partial charge in [-0.1, -0.05) is 102 Å². The Bertz CT molecular complexity index is 1670. The minimum absolute atomic E-state index is 0.0177. The van der Waals surface area contributed by atoms with Crippen molar-refractivity contribution in [3.63, 3.8) is 0 Å². The molecule has 0 saturated carbocycles. The van der Waals surface area contributed by atoms with Crippen molar-refractivity contribution in [2.24, 2.45) is 0 Å². The Morgan fingerprint density at radius 1 is 0.795 bits per heavy atom. The minimum Gasteiger partial charge on any atom is -0.350 e. The molecule has 1 N–H and O–H groups in total. The van der Waals surface area contributed by atoms with Crippen LogP contribution in [0, 0.1) is 6.92 Å². The van der Waals surface area contributed by atoms with Crippen molar-refractivity contribution in [1.82, 2.24) is 10.2 Å². The summed E-state index contributed by atoms with van der Waals surface area (Å²) in [5.74, 6) is -0.882. The summed E-state index contributed by atoms with van der Waals surface area (Å²) in [6, 6.07) is 30.6. The zero-order chi connectivity index (χ0) is 31.9. The van der Waals surface area contributed by atoms with Gasteiger partial charge in [0.25, 0.3) is 10.0 Å². The number of nitrogens with zero attached hydrogens (tertiary/aromatic N) is 2. The second-order valence-corrected chi connectivity index (χ2v) is 14.0. The molecule has 1 atom stereocenters. The maximum Gasteiger partial charge on any atom is 0.264 e. The van der Waals surface area contributed by atoms with Crippen LogP contribution >= 0.6 is 11.6 Å². The second-order valence-electron chi connectivity index (χ2n) is 11.7. The smallest absolute Gasteiger partial charge is 0.264 e. The van der Waals surface area contributed by atoms with Gasteiger partial charge in [-0.3, -0.25) is 13.9 Å². The number of carbonyl (C=O) groups excluding carboxylic acids is 2. The molecule has 0 aliphatic rings. The largest absolute Gasteiger partial charge is 0.350 e. The van der Waals surface area contributed by atoms with Gasteiger partial charge in [-0.25, -0.2) is 8.42 Å². The van der Waals surface area contributed by atoms with E-state index in [0.717, 1.165) is 21.0 Å². The van der Waals surface area contributed by atoms with Crippen molar-refractivity contribution in [3.8, 4) is 0 Å². The molecule has 7 nitrogen and oxygen atoms in total. The van der Waals surface area contributed by atoms with Gasteiger partial charge in [-0.2, -0.15) is 0 Å². The Kier molecular flexibility index (Phi) is 10.5. The lowest BCUT2D eigenvalue weighted by atomic mass is 10.0. The molecular formula is C35H38ClN3O4S. The first-order chi connectivity index (χ1) is 20.8. The Balaban J connectivity index is 1.82. The molecule has 0 aliphatic heterocycles. The monoisotopic (exact) mass is 631 g/mol. The van der Waals surface area contributed by atoms with E-state index in [1.165, 1.54) is 17.0 Å². The number of aryl methyl sites for hydroxylation is 1. The molecule has 4 rings (SSSR count). The number of anilines is 1. The van der Waals surface area contributed by atoms with Gasteiger partial charge in [0.05, 0.1) is 15.6 Å². The van der Waals surface area contributed by atoms with Gasteiger partial charge >= 0.3 is 0 Å². The van der Waals surface area contributed by atoms with E-state index < -0.39 is 34.1 Å². The first-order valence-corrected chi connectivity index (χ1v) is 16.2. The standard InChI is InChI=1S/C35H38ClN3O4S/c1-26-19-21-28(22-20-26)24-38(32(34(41)37-35(2,3)4)23-27-13-7-5-8-14-27)33(40)25-39(31-18-12-11-17-30(31)36)44(42,43)29-15-9-6-10-16-29/h5-22,32H,23-25H2,1-4H3,(H,37,41)/t32-/m1/s1. The summed E-state index contributed by atoms with van der Waals surface area (Å²) < 4.78 is 29.1. The normalized spacial score (nSPS) is 12.3. The average molecular weight is 632 g/mol. The molecule has 9 heteroatoms. The number of nitrogens with one attached hydrogen (secondary N) is 1. The second kappa shape index (κ2) is 14.1. The average Bonchev–Trinajstić information content (AvgIpc) is 2.99. The number of hydrogen-bond donors (Lipinski definition) is 1. The fourth-order valence-corrected chi connectivity index (χ4v) is 6.53. The van der Waals surface area contributed by atoms with Gasteiger partial charge in [-0.05, 0) is 63.1 Å². The summed E-state index contributed by atoms with van der Waals surface area (Å²) >= 11 is 6.52. The van der Waals surface area contributed by atoms with Crippen LogP contribution in [0.4, 0.5) is 5.69 Å². The van der Waals surface area contributed by atoms with E-state index in [1.54, 1.807) is 42.5 Å². The van der Waals surface area contributed by atoms with E-state index in [0.29, 0.717) is 0 Å². The van der Waals surface area contributed by atoms with Gasteiger partial charge in [0.1, 0.15) is 12.6 Å². The fraction of sp³-hybridized carbons (Fsp3) is 0.257. The summed E-state index contributed by atoms with van der Waals surface area (Å²) in [6.45, 7) is 7.13. The number of benzene rings is 4. The van der Waals surface area contributed by atoms with E-state index in [4.69, 9.17) is 11.6 Å². The molecule has 0 heterocycles. The van der Waals surface area contributed by atoms with Gasteiger partial charge in [-0.15, -0.1) is 0 Å². The molecule has 0 aromatic heterocycles. The van der Waals surface area contributed by atoms with Crippen molar-refractivity contribution in [1.29, 1.82) is 0 Å².